The van der Waals surface area contributed by atoms with E-state index >= 15 is 0 Å². The highest BCUT2D eigenvalue weighted by Crippen LogP contribution is 2.31. The van der Waals surface area contributed by atoms with Crippen molar-refractivity contribution in [3.05, 3.63) is 22.7 Å². The first-order valence-corrected chi connectivity index (χ1v) is 8.84. The van der Waals surface area contributed by atoms with E-state index in [1.165, 1.54) is 0 Å². The SMILES string of the molecule is CC.CC(C)(C)OC([O-])=Nc1ccc(Br)cc1N=C([O-])OC(C)(C)C. The summed E-state index contributed by atoms with van der Waals surface area (Å²) in [5.41, 5.74) is -0.860. The maximum absolute atomic E-state index is 11.8. The van der Waals surface area contributed by atoms with Crippen LogP contribution in [0.1, 0.15) is 55.4 Å². The molecule has 6 nitrogen and oxygen atoms in total. The Bertz CT molecular complexity index is 614. The quantitative estimate of drug-likeness (QED) is 0.543. The summed E-state index contributed by atoms with van der Waals surface area (Å²) in [6, 6.07) is 4.83. The second-order valence-corrected chi connectivity index (χ2v) is 7.73. The van der Waals surface area contributed by atoms with Crippen molar-refractivity contribution >= 4 is 39.5 Å². The summed E-state index contributed by atoms with van der Waals surface area (Å²) in [4.78, 5) is 7.71. The molecule has 0 saturated carbocycles. The number of hydrogen-bond acceptors (Lipinski definition) is 6. The molecule has 0 N–H and O–H groups in total. The van der Waals surface area contributed by atoms with E-state index in [0.29, 0.717) is 4.47 Å². The third kappa shape index (κ3) is 10.7. The van der Waals surface area contributed by atoms with Gasteiger partial charge in [0.1, 0.15) is 0 Å². The van der Waals surface area contributed by atoms with Crippen LogP contribution in [-0.4, -0.2) is 23.4 Å². The van der Waals surface area contributed by atoms with Crippen molar-refractivity contribution in [3.8, 4) is 0 Å². The zero-order chi connectivity index (χ0) is 19.8. The van der Waals surface area contributed by atoms with E-state index in [2.05, 4.69) is 25.9 Å². The first-order chi connectivity index (χ1) is 11.4. The predicted molar refractivity (Wildman–Crippen MR) is 101 cm³/mol. The Morgan fingerprint density at radius 2 is 1.24 bits per heavy atom. The average Bonchev–Trinajstić information content (AvgIpc) is 2.40. The molecule has 25 heavy (non-hydrogen) atoms. The highest BCUT2D eigenvalue weighted by molar-refractivity contribution is 9.10. The Kier molecular flexibility index (Phi) is 8.97. The number of nitrogens with zero attached hydrogens (tertiary/aromatic N) is 2. The van der Waals surface area contributed by atoms with Gasteiger partial charge >= 0.3 is 0 Å². The average molecular weight is 415 g/mol. The van der Waals surface area contributed by atoms with Crippen LogP contribution in [0.4, 0.5) is 11.4 Å². The van der Waals surface area contributed by atoms with Gasteiger partial charge in [0.25, 0.3) is 0 Å². The van der Waals surface area contributed by atoms with Gasteiger partial charge in [-0.2, -0.15) is 0 Å². The van der Waals surface area contributed by atoms with Crippen molar-refractivity contribution < 1.29 is 19.7 Å². The van der Waals surface area contributed by atoms with E-state index in [0.717, 1.165) is 0 Å². The fourth-order valence-corrected chi connectivity index (χ4v) is 1.80. The van der Waals surface area contributed by atoms with Crippen LogP contribution < -0.4 is 10.2 Å². The fraction of sp³-hybridized carbons (Fsp3) is 0.556. The standard InChI is InChI=1S/C16H23BrN2O4.C2H6/c1-15(2,3)22-13(20)18-11-8-7-10(17)9-12(11)19-14(21)23-16(4,5)6;1-2/h7-9H,1-6H3,(H,18,20)(H,19,21);1-2H3/p-2. The van der Waals surface area contributed by atoms with Crippen LogP contribution in [0.2, 0.25) is 0 Å². The second kappa shape index (κ2) is 9.65. The molecular weight excluding hydrogens is 388 g/mol. The maximum Gasteiger partial charge on any atom is 0.151 e. The molecular formula is C18H27BrN2O4-2. The Hall–Kier alpha value is -1.76. The fourth-order valence-electron chi connectivity index (χ4n) is 1.45. The maximum atomic E-state index is 11.8. The predicted octanol–water partition coefficient (Wildman–Crippen LogP) is 3.80. The lowest BCUT2D eigenvalue weighted by atomic mass is 10.2. The molecule has 7 heteroatoms. The summed E-state index contributed by atoms with van der Waals surface area (Å²) in [5.74, 6) is 0. The highest BCUT2D eigenvalue weighted by atomic mass is 79.9. The summed E-state index contributed by atoms with van der Waals surface area (Å²) >= 11 is 3.29. The van der Waals surface area contributed by atoms with Gasteiger partial charge in [0.15, 0.2) is 12.2 Å². The van der Waals surface area contributed by atoms with Crippen LogP contribution in [0, 0.1) is 0 Å². The van der Waals surface area contributed by atoms with Gasteiger partial charge < -0.3 is 19.7 Å². The first-order valence-electron chi connectivity index (χ1n) is 8.05. The molecule has 142 valence electrons. The lowest BCUT2D eigenvalue weighted by Gasteiger charge is -2.30. The van der Waals surface area contributed by atoms with E-state index in [-0.39, 0.29) is 11.4 Å². The van der Waals surface area contributed by atoms with Crippen molar-refractivity contribution in [2.45, 2.75) is 66.6 Å². The zero-order valence-corrected chi connectivity index (χ0v) is 17.7. The van der Waals surface area contributed by atoms with Crippen LogP contribution in [-0.2, 0) is 9.47 Å². The van der Waals surface area contributed by atoms with Crippen molar-refractivity contribution in [2.24, 2.45) is 9.98 Å². The lowest BCUT2D eigenvalue weighted by molar-refractivity contribution is -0.261. The van der Waals surface area contributed by atoms with Crippen LogP contribution >= 0.6 is 15.9 Å². The molecule has 0 atom stereocenters. The normalized spacial score (nSPS) is 13.0. The Labute approximate surface area is 158 Å². The Balaban J connectivity index is 0.00000277. The summed E-state index contributed by atoms with van der Waals surface area (Å²) in [5, 5.41) is 23.7. The van der Waals surface area contributed by atoms with Gasteiger partial charge in [-0.1, -0.05) is 71.3 Å². The van der Waals surface area contributed by atoms with E-state index in [9.17, 15) is 10.2 Å². The highest BCUT2D eigenvalue weighted by Gasteiger charge is 2.08. The largest absolute Gasteiger partial charge is 0.594 e. The summed E-state index contributed by atoms with van der Waals surface area (Å²) in [7, 11) is 0. The number of aliphatic imine (C=N–C) groups is 2. The summed E-state index contributed by atoms with van der Waals surface area (Å²) < 4.78 is 11.0. The molecule has 0 bridgehead atoms. The van der Waals surface area contributed by atoms with Crippen molar-refractivity contribution in [2.75, 3.05) is 0 Å². The van der Waals surface area contributed by atoms with Crippen molar-refractivity contribution in [1.82, 2.24) is 0 Å². The molecule has 0 unspecified atom stereocenters. The third-order valence-corrected chi connectivity index (χ3v) is 2.64. The first kappa shape index (κ1) is 23.2. The topological polar surface area (TPSA) is 89.3 Å². The van der Waals surface area contributed by atoms with Crippen LogP contribution in [0.15, 0.2) is 32.7 Å². The molecule has 0 heterocycles. The number of hydrogen-bond donors (Lipinski definition) is 0. The van der Waals surface area contributed by atoms with Gasteiger partial charge in [0.2, 0.25) is 0 Å². The summed E-state index contributed by atoms with van der Waals surface area (Å²) in [6.45, 7) is 14.5. The molecule has 0 aliphatic carbocycles. The van der Waals surface area contributed by atoms with Gasteiger partial charge in [-0.05, 0) is 18.2 Å². The molecule has 1 aromatic rings. The summed E-state index contributed by atoms with van der Waals surface area (Å²) in [6.07, 6.45) is -1.50. The van der Waals surface area contributed by atoms with E-state index in [4.69, 9.17) is 9.47 Å². The molecule has 0 spiro atoms. The molecule has 0 fully saturated rings. The number of ether oxygens (including phenoxy) is 2. The van der Waals surface area contributed by atoms with Crippen LogP contribution in [0.5, 0.6) is 0 Å². The van der Waals surface area contributed by atoms with E-state index < -0.39 is 23.4 Å². The monoisotopic (exact) mass is 414 g/mol. The molecule has 0 aliphatic heterocycles. The third-order valence-electron chi connectivity index (χ3n) is 2.15. The minimum atomic E-state index is -0.753. The number of benzene rings is 1. The minimum Gasteiger partial charge on any atom is -0.594 e. The molecule has 1 aromatic carbocycles. The molecule has 0 aliphatic rings. The van der Waals surface area contributed by atoms with Crippen LogP contribution in [0.3, 0.4) is 0 Å². The van der Waals surface area contributed by atoms with E-state index in [1.807, 2.05) is 13.8 Å². The van der Waals surface area contributed by atoms with Crippen LogP contribution in [0.25, 0.3) is 0 Å². The van der Waals surface area contributed by atoms with Gasteiger partial charge in [-0.25, -0.2) is 9.98 Å². The van der Waals surface area contributed by atoms with Gasteiger partial charge in [-0.15, -0.1) is 0 Å². The van der Waals surface area contributed by atoms with Gasteiger partial charge in [0, 0.05) is 15.7 Å². The molecule has 0 saturated heterocycles. The van der Waals surface area contributed by atoms with E-state index in [1.54, 1.807) is 59.7 Å². The minimum absolute atomic E-state index is 0.222. The Morgan fingerprint density at radius 3 is 1.64 bits per heavy atom. The zero-order valence-electron chi connectivity index (χ0n) is 16.1. The molecule has 0 aromatic heterocycles. The Morgan fingerprint density at radius 1 is 0.840 bits per heavy atom. The van der Waals surface area contributed by atoms with Gasteiger partial charge in [0.05, 0.1) is 11.4 Å². The number of rotatable bonds is 2. The second-order valence-electron chi connectivity index (χ2n) is 6.82. The molecule has 1 rings (SSSR count). The molecule has 0 amide bonds. The smallest absolute Gasteiger partial charge is 0.151 e. The lowest BCUT2D eigenvalue weighted by Crippen LogP contribution is -2.32. The molecule has 0 radical (unpaired) electrons. The van der Waals surface area contributed by atoms with Crippen molar-refractivity contribution in [1.29, 1.82) is 0 Å². The number of halogens is 1. The van der Waals surface area contributed by atoms with Crippen molar-refractivity contribution in [3.63, 3.8) is 0 Å². The van der Waals surface area contributed by atoms with Gasteiger partial charge in [-0.3, -0.25) is 0 Å².